The van der Waals surface area contributed by atoms with E-state index < -0.39 is 0 Å². The van der Waals surface area contributed by atoms with E-state index in [9.17, 15) is 4.79 Å². The predicted octanol–water partition coefficient (Wildman–Crippen LogP) is 1.87. The molecule has 18 heavy (non-hydrogen) atoms. The van der Waals surface area contributed by atoms with Crippen molar-refractivity contribution < 1.29 is 9.63 Å². The molecule has 0 unspecified atom stereocenters. The molecule has 0 fully saturated rings. The molecule has 4 nitrogen and oxygen atoms in total. The maximum Gasteiger partial charge on any atom is 0.248 e. The van der Waals surface area contributed by atoms with Crippen LogP contribution in [-0.4, -0.2) is 10.9 Å². The van der Waals surface area contributed by atoms with Gasteiger partial charge in [0.25, 0.3) is 0 Å². The second-order valence-corrected chi connectivity index (χ2v) is 3.84. The quantitative estimate of drug-likeness (QED) is 0.814. The first-order valence-corrected chi connectivity index (χ1v) is 5.68. The average Bonchev–Trinajstić information content (AvgIpc) is 2.41. The first kappa shape index (κ1) is 12.3. The van der Waals surface area contributed by atoms with E-state index >= 15 is 0 Å². The molecule has 2 aromatic rings. The van der Waals surface area contributed by atoms with E-state index in [1.54, 1.807) is 18.5 Å². The van der Waals surface area contributed by atoms with Gasteiger partial charge in [0.05, 0.1) is 13.0 Å². The summed E-state index contributed by atoms with van der Waals surface area (Å²) in [5, 5.41) is 0. The van der Waals surface area contributed by atoms with Crippen molar-refractivity contribution in [3.63, 3.8) is 0 Å². The van der Waals surface area contributed by atoms with Crippen molar-refractivity contribution in [2.45, 2.75) is 13.0 Å². The Labute approximate surface area is 106 Å². The number of hydroxylamine groups is 1. The van der Waals surface area contributed by atoms with Crippen LogP contribution < -0.4 is 5.48 Å². The second-order valence-electron chi connectivity index (χ2n) is 3.84. The minimum Gasteiger partial charge on any atom is -0.272 e. The lowest BCUT2D eigenvalue weighted by molar-refractivity contribution is -0.133. The lowest BCUT2D eigenvalue weighted by Gasteiger charge is -2.05. The number of amides is 1. The van der Waals surface area contributed by atoms with Crippen molar-refractivity contribution in [3.05, 3.63) is 66.0 Å². The van der Waals surface area contributed by atoms with Crippen LogP contribution in [0.4, 0.5) is 0 Å². The third kappa shape index (κ3) is 3.99. The number of nitrogens with one attached hydrogen (secondary N) is 1. The second kappa shape index (κ2) is 6.51. The van der Waals surface area contributed by atoms with Gasteiger partial charge in [-0.3, -0.25) is 14.6 Å². The molecule has 0 saturated carbocycles. The standard InChI is InChI=1S/C14H14N2O2/c17-14(9-13-7-4-8-15-10-13)16-18-11-12-5-2-1-3-6-12/h1-8,10H,9,11H2,(H,16,17). The van der Waals surface area contributed by atoms with Gasteiger partial charge >= 0.3 is 0 Å². The molecule has 1 heterocycles. The van der Waals surface area contributed by atoms with Crippen LogP contribution in [-0.2, 0) is 22.7 Å². The zero-order valence-electron chi connectivity index (χ0n) is 9.87. The van der Waals surface area contributed by atoms with Crippen LogP contribution in [0.2, 0.25) is 0 Å². The van der Waals surface area contributed by atoms with Crippen LogP contribution in [0.1, 0.15) is 11.1 Å². The first-order valence-electron chi connectivity index (χ1n) is 5.68. The van der Waals surface area contributed by atoms with Crippen LogP contribution >= 0.6 is 0 Å². The Morgan fingerprint density at radius 2 is 1.89 bits per heavy atom. The van der Waals surface area contributed by atoms with Crippen molar-refractivity contribution in [1.82, 2.24) is 10.5 Å². The molecule has 0 spiro atoms. The number of aromatic nitrogens is 1. The summed E-state index contributed by atoms with van der Waals surface area (Å²) in [7, 11) is 0. The van der Waals surface area contributed by atoms with Crippen molar-refractivity contribution in [1.29, 1.82) is 0 Å². The van der Waals surface area contributed by atoms with Crippen LogP contribution in [0, 0.1) is 0 Å². The highest BCUT2D eigenvalue weighted by Crippen LogP contribution is 2.00. The highest BCUT2D eigenvalue weighted by Gasteiger charge is 2.03. The highest BCUT2D eigenvalue weighted by molar-refractivity contribution is 5.77. The summed E-state index contributed by atoms with van der Waals surface area (Å²) in [5.74, 6) is -0.182. The lowest BCUT2D eigenvalue weighted by Crippen LogP contribution is -2.25. The Balaban J connectivity index is 1.73. The van der Waals surface area contributed by atoms with Crippen molar-refractivity contribution in [2.24, 2.45) is 0 Å². The largest absolute Gasteiger partial charge is 0.272 e. The predicted molar refractivity (Wildman–Crippen MR) is 67.3 cm³/mol. The highest BCUT2D eigenvalue weighted by atomic mass is 16.6. The lowest BCUT2D eigenvalue weighted by atomic mass is 10.2. The number of pyridine rings is 1. The number of hydrogen-bond donors (Lipinski definition) is 1. The minimum atomic E-state index is -0.182. The number of nitrogens with zero attached hydrogens (tertiary/aromatic N) is 1. The molecule has 1 aromatic heterocycles. The molecule has 0 atom stereocenters. The van der Waals surface area contributed by atoms with E-state index in [4.69, 9.17) is 4.84 Å². The fraction of sp³-hybridized carbons (Fsp3) is 0.143. The summed E-state index contributed by atoms with van der Waals surface area (Å²) in [6.45, 7) is 0.361. The monoisotopic (exact) mass is 242 g/mol. The molecule has 0 aliphatic carbocycles. The average molecular weight is 242 g/mol. The van der Waals surface area contributed by atoms with Gasteiger partial charge < -0.3 is 0 Å². The number of benzene rings is 1. The third-order valence-electron chi connectivity index (χ3n) is 2.36. The Morgan fingerprint density at radius 1 is 1.11 bits per heavy atom. The number of carbonyl (C=O) groups is 1. The maximum absolute atomic E-state index is 11.5. The van der Waals surface area contributed by atoms with E-state index in [1.807, 2.05) is 36.4 Å². The SMILES string of the molecule is O=C(Cc1cccnc1)NOCc1ccccc1. The molecule has 1 aromatic carbocycles. The van der Waals surface area contributed by atoms with Crippen molar-refractivity contribution >= 4 is 5.91 Å². The first-order chi connectivity index (χ1) is 8.84. The summed E-state index contributed by atoms with van der Waals surface area (Å²) in [6, 6.07) is 13.3. The maximum atomic E-state index is 11.5. The van der Waals surface area contributed by atoms with Gasteiger partial charge in [-0.25, -0.2) is 5.48 Å². The van der Waals surface area contributed by atoms with Crippen LogP contribution in [0.3, 0.4) is 0 Å². The molecule has 0 radical (unpaired) electrons. The molecule has 1 N–H and O–H groups in total. The van der Waals surface area contributed by atoms with Gasteiger partial charge in [0.1, 0.15) is 0 Å². The molecule has 2 rings (SSSR count). The Hall–Kier alpha value is -2.20. The molecule has 4 heteroatoms. The summed E-state index contributed by atoms with van der Waals surface area (Å²) in [5.41, 5.74) is 4.29. The van der Waals surface area contributed by atoms with Gasteiger partial charge in [-0.1, -0.05) is 36.4 Å². The summed E-state index contributed by atoms with van der Waals surface area (Å²) in [6.07, 6.45) is 3.60. The van der Waals surface area contributed by atoms with Crippen LogP contribution in [0.25, 0.3) is 0 Å². The summed E-state index contributed by atoms with van der Waals surface area (Å²) in [4.78, 5) is 20.6. The fourth-order valence-corrected chi connectivity index (χ4v) is 1.50. The number of carbonyl (C=O) groups excluding carboxylic acids is 1. The molecule has 0 saturated heterocycles. The van der Waals surface area contributed by atoms with Gasteiger partial charge in [0, 0.05) is 12.4 Å². The zero-order valence-corrected chi connectivity index (χ0v) is 9.87. The summed E-state index contributed by atoms with van der Waals surface area (Å²) < 4.78 is 0. The number of rotatable bonds is 5. The smallest absolute Gasteiger partial charge is 0.248 e. The topological polar surface area (TPSA) is 51.2 Å². The molecule has 1 amide bonds. The van der Waals surface area contributed by atoms with E-state index in [2.05, 4.69) is 10.5 Å². The Bertz CT molecular complexity index is 486. The van der Waals surface area contributed by atoms with Crippen LogP contribution in [0.15, 0.2) is 54.9 Å². The number of hydrogen-bond acceptors (Lipinski definition) is 3. The van der Waals surface area contributed by atoms with Gasteiger partial charge in [0.15, 0.2) is 0 Å². The molecular formula is C14H14N2O2. The van der Waals surface area contributed by atoms with Crippen molar-refractivity contribution in [3.8, 4) is 0 Å². The van der Waals surface area contributed by atoms with Gasteiger partial charge in [0.2, 0.25) is 5.91 Å². The fourth-order valence-electron chi connectivity index (χ4n) is 1.50. The van der Waals surface area contributed by atoms with E-state index in [1.165, 1.54) is 0 Å². The van der Waals surface area contributed by atoms with Crippen molar-refractivity contribution in [2.75, 3.05) is 0 Å². The van der Waals surface area contributed by atoms with E-state index in [-0.39, 0.29) is 12.3 Å². The van der Waals surface area contributed by atoms with Crippen LogP contribution in [0.5, 0.6) is 0 Å². The zero-order chi connectivity index (χ0) is 12.6. The molecule has 92 valence electrons. The molecule has 0 bridgehead atoms. The van der Waals surface area contributed by atoms with E-state index in [0.29, 0.717) is 6.61 Å². The van der Waals surface area contributed by atoms with Gasteiger partial charge in [-0.05, 0) is 17.2 Å². The summed E-state index contributed by atoms with van der Waals surface area (Å²) >= 11 is 0. The minimum absolute atomic E-state index is 0.182. The molecule has 0 aliphatic heterocycles. The van der Waals surface area contributed by atoms with Gasteiger partial charge in [-0.15, -0.1) is 0 Å². The van der Waals surface area contributed by atoms with E-state index in [0.717, 1.165) is 11.1 Å². The Kier molecular flexibility index (Phi) is 4.44. The Morgan fingerprint density at radius 3 is 2.61 bits per heavy atom. The molecule has 0 aliphatic rings. The molecular weight excluding hydrogens is 228 g/mol. The third-order valence-corrected chi connectivity index (χ3v) is 2.36. The normalized spacial score (nSPS) is 10.0. The van der Waals surface area contributed by atoms with Gasteiger partial charge in [-0.2, -0.15) is 0 Å².